The van der Waals surface area contributed by atoms with Crippen LogP contribution in [0.25, 0.3) is 22.4 Å². The summed E-state index contributed by atoms with van der Waals surface area (Å²) in [5.74, 6) is -10.1. The molecule has 5 rings (SSSR count). The summed E-state index contributed by atoms with van der Waals surface area (Å²) in [4.78, 5) is 12.5. The smallest absolute Gasteiger partial charge is 0.313 e. The topological polar surface area (TPSA) is 73.0 Å². The molecule has 1 N–H and O–H groups in total. The molecule has 3 aromatic rings. The molecule has 2 aliphatic rings. The van der Waals surface area contributed by atoms with Gasteiger partial charge in [-0.05, 0) is 30.9 Å². The predicted molar refractivity (Wildman–Crippen MR) is 104 cm³/mol. The van der Waals surface area contributed by atoms with Crippen molar-refractivity contribution in [3.63, 3.8) is 0 Å². The van der Waals surface area contributed by atoms with Crippen molar-refractivity contribution in [3.8, 4) is 11.4 Å². The Kier molecular flexibility index (Phi) is 4.39. The molecule has 0 aliphatic heterocycles. The van der Waals surface area contributed by atoms with Crippen LogP contribution in [0.1, 0.15) is 43.6 Å². The fourth-order valence-electron chi connectivity index (χ4n) is 4.35. The van der Waals surface area contributed by atoms with Gasteiger partial charge in [-0.2, -0.15) is 22.7 Å². The molecule has 0 saturated heterocycles. The number of nitrogens with zero attached hydrogens (tertiary/aromatic N) is 3. The average molecular weight is 436 g/mol. The number of halogens is 4. The number of benzene rings is 1. The number of hydrogen-bond acceptors (Lipinski definition) is 4. The van der Waals surface area contributed by atoms with E-state index in [0.29, 0.717) is 22.8 Å². The third-order valence-corrected chi connectivity index (χ3v) is 6.39. The van der Waals surface area contributed by atoms with Crippen LogP contribution < -0.4 is 5.32 Å². The summed E-state index contributed by atoms with van der Waals surface area (Å²) >= 11 is 0. The average Bonchev–Trinajstić information content (AvgIpc) is 3.22. The fraction of sp³-hybridized carbons (Fsp3) is 0.476. The molecular weight excluding hydrogens is 416 g/mol. The first kappa shape index (κ1) is 20.0. The summed E-state index contributed by atoms with van der Waals surface area (Å²) < 4.78 is 60.3. The molecule has 0 unspecified atom stereocenters. The molecule has 0 radical (unpaired) electrons. The number of carbonyl (C=O) groups excluding carboxylic acids is 1. The Morgan fingerprint density at radius 3 is 2.61 bits per heavy atom. The first-order chi connectivity index (χ1) is 14.7. The van der Waals surface area contributed by atoms with Crippen LogP contribution in [-0.4, -0.2) is 32.7 Å². The summed E-state index contributed by atoms with van der Waals surface area (Å²) in [6.45, 7) is 0. The summed E-state index contributed by atoms with van der Waals surface area (Å²) in [6, 6.07) is 7.33. The van der Waals surface area contributed by atoms with Gasteiger partial charge in [-0.15, -0.1) is 0 Å². The first-order valence-corrected chi connectivity index (χ1v) is 10.2. The maximum atomic E-state index is 13.6. The highest BCUT2D eigenvalue weighted by atomic mass is 19.3. The fourth-order valence-corrected chi connectivity index (χ4v) is 4.35. The van der Waals surface area contributed by atoms with Crippen molar-refractivity contribution in [2.24, 2.45) is 13.0 Å². The van der Waals surface area contributed by atoms with E-state index in [-0.39, 0.29) is 5.92 Å². The molecule has 2 fully saturated rings. The van der Waals surface area contributed by atoms with Crippen molar-refractivity contribution < 1.29 is 26.9 Å². The van der Waals surface area contributed by atoms with Gasteiger partial charge in [0.2, 0.25) is 5.91 Å². The highest BCUT2D eigenvalue weighted by molar-refractivity contribution is 5.95. The van der Waals surface area contributed by atoms with Gasteiger partial charge in [-0.3, -0.25) is 9.48 Å². The number of hydrogen-bond donors (Lipinski definition) is 1. The maximum Gasteiger partial charge on any atom is 0.313 e. The van der Waals surface area contributed by atoms with Gasteiger partial charge in [0.05, 0.1) is 5.39 Å². The lowest BCUT2D eigenvalue weighted by Crippen LogP contribution is -2.59. The molecular formula is C21H20F4N4O2. The lowest BCUT2D eigenvalue weighted by Gasteiger charge is -2.43. The van der Waals surface area contributed by atoms with Crippen LogP contribution in [0.2, 0.25) is 0 Å². The van der Waals surface area contributed by atoms with Gasteiger partial charge in [0, 0.05) is 31.4 Å². The number of aryl methyl sites for hydroxylation is 1. The highest BCUT2D eigenvalue weighted by Crippen LogP contribution is 2.56. The number of carbonyl (C=O) groups is 1. The Morgan fingerprint density at radius 2 is 1.97 bits per heavy atom. The number of anilines is 1. The Labute approximate surface area is 174 Å². The summed E-state index contributed by atoms with van der Waals surface area (Å²) in [5.41, 5.74) is 2.47. The Morgan fingerprint density at radius 1 is 1.23 bits per heavy atom. The molecule has 6 nitrogen and oxygen atoms in total. The van der Waals surface area contributed by atoms with Crippen LogP contribution in [0.3, 0.4) is 0 Å². The molecule has 1 aromatic carbocycles. The van der Waals surface area contributed by atoms with Crippen molar-refractivity contribution >= 4 is 22.7 Å². The van der Waals surface area contributed by atoms with Crippen molar-refractivity contribution in [2.45, 2.75) is 49.9 Å². The number of aromatic nitrogens is 3. The van der Waals surface area contributed by atoms with Gasteiger partial charge in [-0.25, -0.2) is 0 Å². The lowest BCUT2D eigenvalue weighted by molar-refractivity contribution is -0.313. The van der Waals surface area contributed by atoms with Crippen LogP contribution in [-0.2, 0) is 11.8 Å². The van der Waals surface area contributed by atoms with Crippen molar-refractivity contribution in [1.29, 1.82) is 0 Å². The molecule has 2 heterocycles. The lowest BCUT2D eigenvalue weighted by atomic mass is 9.74. The third kappa shape index (κ3) is 3.02. The van der Waals surface area contributed by atoms with Crippen LogP contribution in [0.15, 0.2) is 28.8 Å². The predicted octanol–water partition coefficient (Wildman–Crippen LogP) is 5.11. The van der Waals surface area contributed by atoms with Crippen molar-refractivity contribution in [2.75, 3.05) is 5.32 Å². The number of para-hydroxylation sites is 1. The second-order valence-corrected chi connectivity index (χ2v) is 8.37. The summed E-state index contributed by atoms with van der Waals surface area (Å²) in [6.07, 6.45) is 1.13. The molecule has 1 atom stereocenters. The minimum atomic E-state index is -4.17. The maximum absolute atomic E-state index is 13.6. The second-order valence-electron chi connectivity index (χ2n) is 8.37. The van der Waals surface area contributed by atoms with Gasteiger partial charge < -0.3 is 9.84 Å². The molecule has 2 aliphatic carbocycles. The molecule has 31 heavy (non-hydrogen) atoms. The van der Waals surface area contributed by atoms with Crippen LogP contribution in [0.4, 0.5) is 23.4 Å². The van der Waals surface area contributed by atoms with Crippen LogP contribution in [0, 0.1) is 5.92 Å². The number of nitrogens with one attached hydrogen (secondary N) is 1. The molecule has 0 spiro atoms. The second kappa shape index (κ2) is 6.80. The zero-order chi connectivity index (χ0) is 22.0. The van der Waals surface area contributed by atoms with E-state index < -0.39 is 36.5 Å². The minimum absolute atomic E-state index is 0.129. The van der Waals surface area contributed by atoms with Gasteiger partial charge in [0.25, 0.3) is 0 Å². The Bertz CT molecular complexity index is 1170. The number of alkyl halides is 4. The van der Waals surface area contributed by atoms with Gasteiger partial charge in [0.1, 0.15) is 17.2 Å². The molecule has 2 aromatic heterocycles. The van der Waals surface area contributed by atoms with Gasteiger partial charge >= 0.3 is 11.8 Å². The molecule has 10 heteroatoms. The highest BCUT2D eigenvalue weighted by Gasteiger charge is 2.71. The van der Waals surface area contributed by atoms with E-state index in [2.05, 4.69) is 15.6 Å². The molecule has 164 valence electrons. The van der Waals surface area contributed by atoms with E-state index in [1.165, 1.54) is 4.68 Å². The van der Waals surface area contributed by atoms with Crippen LogP contribution >= 0.6 is 0 Å². The third-order valence-electron chi connectivity index (χ3n) is 6.39. The zero-order valence-electron chi connectivity index (χ0n) is 16.7. The summed E-state index contributed by atoms with van der Waals surface area (Å²) in [7, 11) is 1.63. The quantitative estimate of drug-likeness (QED) is 0.564. The Hall–Kier alpha value is -2.91. The zero-order valence-corrected chi connectivity index (χ0v) is 16.7. The van der Waals surface area contributed by atoms with E-state index in [1.54, 1.807) is 13.1 Å². The normalized spacial score (nSPS) is 22.2. The standard InChI is InChI=1S/C21H20F4N4O2/c1-29-19(26-15(30)9-12-10-20(22,23)21(12,24)25)16(11-5-4-6-11)18(27-29)17-13-7-2-3-8-14(13)31-28-17/h2-3,7-8,11-12H,4-6,9-10H2,1H3,(H,26,30)/t12-/m0/s1. The number of rotatable bonds is 5. The van der Waals surface area contributed by atoms with E-state index in [9.17, 15) is 22.4 Å². The van der Waals surface area contributed by atoms with Gasteiger partial charge in [0.15, 0.2) is 5.58 Å². The van der Waals surface area contributed by atoms with Crippen molar-refractivity contribution in [1.82, 2.24) is 14.9 Å². The largest absolute Gasteiger partial charge is 0.356 e. The van der Waals surface area contributed by atoms with Crippen molar-refractivity contribution in [3.05, 3.63) is 29.8 Å². The first-order valence-electron chi connectivity index (χ1n) is 10.2. The molecule has 1 amide bonds. The minimum Gasteiger partial charge on any atom is -0.356 e. The van der Waals surface area contributed by atoms with E-state index in [4.69, 9.17) is 4.52 Å². The van der Waals surface area contributed by atoms with E-state index >= 15 is 0 Å². The summed E-state index contributed by atoms with van der Waals surface area (Å²) in [5, 5.41) is 12.1. The monoisotopic (exact) mass is 436 g/mol. The SMILES string of the molecule is Cn1nc(-c2noc3ccccc23)c(C2CCC2)c1NC(=O)C[C@H]1CC(F)(F)C1(F)F. The van der Waals surface area contributed by atoms with Gasteiger partial charge in [-0.1, -0.05) is 23.7 Å². The number of fused-ring (bicyclic) bond motifs is 1. The van der Waals surface area contributed by atoms with E-state index in [1.807, 2.05) is 18.2 Å². The molecule has 2 saturated carbocycles. The molecule has 0 bridgehead atoms. The van der Waals surface area contributed by atoms with E-state index in [0.717, 1.165) is 30.2 Å². The van der Waals surface area contributed by atoms with Crippen LogP contribution in [0.5, 0.6) is 0 Å². The number of amides is 1. The Balaban J connectivity index is 1.46.